The molecule has 0 spiro atoms. The number of rotatable bonds is 13. The predicted molar refractivity (Wildman–Crippen MR) is 125 cm³/mol. The first kappa shape index (κ1) is 24.5. The molecule has 1 aliphatic rings. The number of likely N-dealkylation sites (N-methyl/N-ethyl adjacent to an activating group) is 1. The van der Waals surface area contributed by atoms with Crippen molar-refractivity contribution in [3.05, 3.63) is 29.8 Å². The third-order valence-corrected chi connectivity index (χ3v) is 5.51. The first-order valence-corrected chi connectivity index (χ1v) is 11.7. The molecule has 0 aromatic heterocycles. The number of nitrogens with zero attached hydrogens (tertiary/aromatic N) is 2. The number of ether oxygens (including phenoxy) is 2. The Morgan fingerprint density at radius 3 is 2.77 bits per heavy atom. The summed E-state index contributed by atoms with van der Waals surface area (Å²) in [7, 11) is 2.18. The van der Waals surface area contributed by atoms with Crippen LogP contribution in [0.15, 0.2) is 29.3 Å². The van der Waals surface area contributed by atoms with Crippen LogP contribution in [0.1, 0.15) is 57.9 Å². The van der Waals surface area contributed by atoms with E-state index in [0.29, 0.717) is 19.2 Å². The molecule has 0 aliphatic carbocycles. The van der Waals surface area contributed by atoms with Crippen molar-refractivity contribution in [1.29, 1.82) is 0 Å². The van der Waals surface area contributed by atoms with E-state index in [9.17, 15) is 0 Å². The van der Waals surface area contributed by atoms with Gasteiger partial charge in [0, 0.05) is 38.9 Å². The van der Waals surface area contributed by atoms with E-state index in [1.165, 1.54) is 25.7 Å². The number of aliphatic imine (C=N–C) groups is 1. The Kier molecular flexibility index (Phi) is 12.3. The minimum atomic E-state index is 0.613. The number of nitrogens with one attached hydrogen (secondary N) is 2. The molecule has 0 radical (unpaired) electrons. The molecule has 0 bridgehead atoms. The largest absolute Gasteiger partial charge is 0.492 e. The van der Waals surface area contributed by atoms with Gasteiger partial charge in [0.2, 0.25) is 0 Å². The molecule has 1 saturated heterocycles. The minimum absolute atomic E-state index is 0.613. The summed E-state index contributed by atoms with van der Waals surface area (Å²) in [5.74, 6) is 1.80. The Hall–Kier alpha value is -1.79. The summed E-state index contributed by atoms with van der Waals surface area (Å²) < 4.78 is 11.5. The topological polar surface area (TPSA) is 58.1 Å². The van der Waals surface area contributed by atoms with E-state index in [1.54, 1.807) is 0 Å². The summed E-state index contributed by atoms with van der Waals surface area (Å²) in [5.41, 5.74) is 1.16. The smallest absolute Gasteiger partial charge is 0.191 e. The van der Waals surface area contributed by atoms with Gasteiger partial charge in [0.15, 0.2) is 5.96 Å². The van der Waals surface area contributed by atoms with Crippen molar-refractivity contribution in [2.45, 2.75) is 65.0 Å². The van der Waals surface area contributed by atoms with Crippen LogP contribution in [0, 0.1) is 0 Å². The third-order valence-electron chi connectivity index (χ3n) is 5.51. The second-order valence-electron chi connectivity index (χ2n) is 8.00. The molecular formula is C24H42N4O2. The van der Waals surface area contributed by atoms with E-state index in [0.717, 1.165) is 63.0 Å². The van der Waals surface area contributed by atoms with Gasteiger partial charge in [0.05, 0.1) is 6.54 Å². The predicted octanol–water partition coefficient (Wildman–Crippen LogP) is 3.81. The van der Waals surface area contributed by atoms with Crippen molar-refractivity contribution in [3.63, 3.8) is 0 Å². The maximum absolute atomic E-state index is 6.01. The average molecular weight is 419 g/mol. The molecule has 2 N–H and O–H groups in total. The third kappa shape index (κ3) is 9.81. The Morgan fingerprint density at radius 2 is 2.00 bits per heavy atom. The van der Waals surface area contributed by atoms with Crippen molar-refractivity contribution in [2.75, 3.05) is 46.5 Å². The normalized spacial score (nSPS) is 15.4. The minimum Gasteiger partial charge on any atom is -0.492 e. The Bertz CT molecular complexity index is 603. The van der Waals surface area contributed by atoms with E-state index in [1.807, 2.05) is 12.1 Å². The van der Waals surface area contributed by atoms with Gasteiger partial charge in [0.1, 0.15) is 12.4 Å². The fourth-order valence-electron chi connectivity index (χ4n) is 3.62. The Labute approximate surface area is 183 Å². The van der Waals surface area contributed by atoms with Crippen LogP contribution in [0.25, 0.3) is 0 Å². The average Bonchev–Trinajstić information content (AvgIpc) is 2.78. The van der Waals surface area contributed by atoms with Gasteiger partial charge in [-0.3, -0.25) is 4.90 Å². The van der Waals surface area contributed by atoms with Gasteiger partial charge in [-0.2, -0.15) is 0 Å². The molecule has 0 saturated carbocycles. The highest BCUT2D eigenvalue weighted by Gasteiger charge is 2.17. The molecule has 1 heterocycles. The van der Waals surface area contributed by atoms with Gasteiger partial charge in [-0.15, -0.1) is 0 Å². The fraction of sp³-hybridized carbons (Fsp3) is 0.708. The number of unbranched alkanes of at least 4 members (excludes halogenated alkanes) is 3. The van der Waals surface area contributed by atoms with Crippen LogP contribution in [0.3, 0.4) is 0 Å². The molecule has 1 aromatic rings. The van der Waals surface area contributed by atoms with Crippen molar-refractivity contribution >= 4 is 5.96 Å². The molecule has 0 amide bonds. The lowest BCUT2D eigenvalue weighted by molar-refractivity contribution is 0.0392. The van der Waals surface area contributed by atoms with Crippen LogP contribution in [-0.4, -0.2) is 63.4 Å². The lowest BCUT2D eigenvalue weighted by Crippen LogP contribution is -2.38. The molecule has 0 atom stereocenters. The first-order chi connectivity index (χ1) is 14.7. The highest BCUT2D eigenvalue weighted by molar-refractivity contribution is 5.79. The van der Waals surface area contributed by atoms with Crippen molar-refractivity contribution < 1.29 is 9.47 Å². The number of hydrogen-bond donors (Lipinski definition) is 2. The van der Waals surface area contributed by atoms with Gasteiger partial charge in [-0.1, -0.05) is 38.3 Å². The van der Waals surface area contributed by atoms with Gasteiger partial charge >= 0.3 is 0 Å². The van der Waals surface area contributed by atoms with Crippen molar-refractivity contribution in [2.24, 2.45) is 4.99 Å². The van der Waals surface area contributed by atoms with E-state index in [-0.39, 0.29) is 0 Å². The highest BCUT2D eigenvalue weighted by Crippen LogP contribution is 2.15. The summed E-state index contributed by atoms with van der Waals surface area (Å²) in [6.07, 6.45) is 7.25. The number of guanidine groups is 1. The summed E-state index contributed by atoms with van der Waals surface area (Å²) in [4.78, 5) is 7.13. The second-order valence-corrected chi connectivity index (χ2v) is 8.00. The standard InChI is InChI=1S/C24H42N4O2/c1-4-6-7-8-14-26-24(25-5-2)27-20-21-10-9-11-23(19-21)30-18-15-28(3)22-12-16-29-17-13-22/h9-11,19,22H,4-8,12-18,20H2,1-3H3,(H2,25,26,27). The molecule has 0 unspecified atom stereocenters. The maximum Gasteiger partial charge on any atom is 0.191 e. The summed E-state index contributed by atoms with van der Waals surface area (Å²) in [6.45, 7) is 10.2. The summed E-state index contributed by atoms with van der Waals surface area (Å²) >= 11 is 0. The molecule has 6 nitrogen and oxygen atoms in total. The van der Waals surface area contributed by atoms with Crippen LogP contribution in [-0.2, 0) is 11.3 Å². The monoisotopic (exact) mass is 418 g/mol. The zero-order valence-corrected chi connectivity index (χ0v) is 19.3. The maximum atomic E-state index is 6.01. The molecular weight excluding hydrogens is 376 g/mol. The number of hydrogen-bond acceptors (Lipinski definition) is 4. The number of benzene rings is 1. The van der Waals surface area contributed by atoms with E-state index >= 15 is 0 Å². The van der Waals surface area contributed by atoms with Gasteiger partial charge < -0.3 is 20.1 Å². The molecule has 1 aromatic carbocycles. The quantitative estimate of drug-likeness (QED) is 0.290. The van der Waals surface area contributed by atoms with Gasteiger partial charge in [0.25, 0.3) is 0 Å². The Morgan fingerprint density at radius 1 is 1.17 bits per heavy atom. The van der Waals surface area contributed by atoms with E-state index in [4.69, 9.17) is 14.5 Å². The lowest BCUT2D eigenvalue weighted by atomic mass is 10.1. The zero-order valence-electron chi connectivity index (χ0n) is 19.3. The van der Waals surface area contributed by atoms with E-state index in [2.05, 4.69) is 48.6 Å². The molecule has 30 heavy (non-hydrogen) atoms. The highest BCUT2D eigenvalue weighted by atomic mass is 16.5. The SMILES string of the molecule is CCCCCCNC(=NCc1cccc(OCCN(C)C2CCOCC2)c1)NCC. The van der Waals surface area contributed by atoms with Gasteiger partial charge in [-0.05, 0) is 50.9 Å². The lowest BCUT2D eigenvalue weighted by Gasteiger charge is -2.31. The van der Waals surface area contributed by atoms with Crippen molar-refractivity contribution in [3.8, 4) is 5.75 Å². The van der Waals surface area contributed by atoms with Crippen LogP contribution < -0.4 is 15.4 Å². The van der Waals surface area contributed by atoms with Crippen LogP contribution in [0.2, 0.25) is 0 Å². The van der Waals surface area contributed by atoms with Gasteiger partial charge in [-0.25, -0.2) is 4.99 Å². The van der Waals surface area contributed by atoms with E-state index < -0.39 is 0 Å². The second kappa shape index (κ2) is 15.1. The fourth-order valence-corrected chi connectivity index (χ4v) is 3.62. The first-order valence-electron chi connectivity index (χ1n) is 11.7. The molecule has 1 aliphatic heterocycles. The van der Waals surface area contributed by atoms with Crippen LogP contribution in [0.4, 0.5) is 0 Å². The van der Waals surface area contributed by atoms with Crippen molar-refractivity contribution in [1.82, 2.24) is 15.5 Å². The molecule has 2 rings (SSSR count). The Balaban J connectivity index is 1.76. The summed E-state index contributed by atoms with van der Waals surface area (Å²) in [5, 5.41) is 6.76. The van der Waals surface area contributed by atoms with Crippen LogP contribution in [0.5, 0.6) is 5.75 Å². The zero-order chi connectivity index (χ0) is 21.4. The molecule has 170 valence electrons. The summed E-state index contributed by atoms with van der Waals surface area (Å²) in [6, 6.07) is 8.90. The van der Waals surface area contributed by atoms with Crippen LogP contribution >= 0.6 is 0 Å². The molecule has 1 fully saturated rings. The molecule has 6 heteroatoms.